The molecule has 3 fully saturated rings. The number of urea groups is 1. The summed E-state index contributed by atoms with van der Waals surface area (Å²) < 4.78 is 10.8. The number of hydrogen-bond acceptors (Lipinski definition) is 5. The highest BCUT2D eigenvalue weighted by molar-refractivity contribution is 6.07. The molecule has 3 aliphatic rings. The van der Waals surface area contributed by atoms with Crippen LogP contribution in [-0.4, -0.2) is 84.3 Å². The molecule has 2 aliphatic heterocycles. The number of piperidine rings is 1. The monoisotopic (exact) mass is 395 g/mol. The third-order valence-corrected chi connectivity index (χ3v) is 6.39. The summed E-state index contributed by atoms with van der Waals surface area (Å²) in [6, 6.07) is -0.158. The maximum Gasteiger partial charge on any atom is 0.409 e. The molecule has 0 aromatic carbocycles. The second-order valence-electron chi connectivity index (χ2n) is 8.67. The van der Waals surface area contributed by atoms with Crippen LogP contribution in [-0.2, 0) is 14.3 Å². The van der Waals surface area contributed by atoms with Gasteiger partial charge in [-0.2, -0.15) is 0 Å². The summed E-state index contributed by atoms with van der Waals surface area (Å²) in [5, 5.41) is 0. The lowest BCUT2D eigenvalue weighted by Crippen LogP contribution is -2.60. The van der Waals surface area contributed by atoms with Gasteiger partial charge in [-0.15, -0.1) is 0 Å². The van der Waals surface area contributed by atoms with Gasteiger partial charge in [0, 0.05) is 33.3 Å². The van der Waals surface area contributed by atoms with Crippen molar-refractivity contribution in [1.29, 1.82) is 0 Å². The molecule has 0 N–H and O–H groups in total. The standard InChI is InChI=1S/C20H33N3O5/c1-14(2)13-28-19(26)22-11-9-20(10-12-22)17(24)21(3)18(25)23(20)15-5-7-16(27-4)8-6-15/h14-16H,5-13H2,1-4H3. The van der Waals surface area contributed by atoms with E-state index >= 15 is 0 Å². The zero-order valence-corrected chi connectivity index (χ0v) is 17.5. The molecule has 0 aromatic heterocycles. The minimum absolute atomic E-state index is 0.0484. The predicted molar refractivity (Wildman–Crippen MR) is 103 cm³/mol. The van der Waals surface area contributed by atoms with Crippen molar-refractivity contribution in [2.45, 2.75) is 70.1 Å². The first-order valence-electron chi connectivity index (χ1n) is 10.4. The molecule has 4 amide bonds. The van der Waals surface area contributed by atoms with Crippen LogP contribution in [0.25, 0.3) is 0 Å². The predicted octanol–water partition coefficient (Wildman–Crippen LogP) is 2.47. The summed E-state index contributed by atoms with van der Waals surface area (Å²) in [6.07, 6.45) is 4.29. The Morgan fingerprint density at radius 1 is 1.14 bits per heavy atom. The lowest BCUT2D eigenvalue weighted by Gasteiger charge is -2.46. The van der Waals surface area contributed by atoms with Crippen LogP contribution in [0, 0.1) is 5.92 Å². The van der Waals surface area contributed by atoms with Gasteiger partial charge < -0.3 is 19.3 Å². The molecule has 1 aliphatic carbocycles. The normalized spacial score (nSPS) is 27.8. The van der Waals surface area contributed by atoms with E-state index in [1.807, 2.05) is 18.7 Å². The van der Waals surface area contributed by atoms with Crippen LogP contribution in [0.5, 0.6) is 0 Å². The molecule has 2 heterocycles. The second-order valence-corrected chi connectivity index (χ2v) is 8.67. The Morgan fingerprint density at radius 2 is 1.75 bits per heavy atom. The van der Waals surface area contributed by atoms with Crippen molar-refractivity contribution < 1.29 is 23.9 Å². The van der Waals surface area contributed by atoms with Gasteiger partial charge >= 0.3 is 12.1 Å². The fourth-order valence-electron chi connectivity index (χ4n) is 4.73. The van der Waals surface area contributed by atoms with Gasteiger partial charge in [0.2, 0.25) is 0 Å². The zero-order chi connectivity index (χ0) is 20.5. The number of rotatable bonds is 4. The minimum atomic E-state index is -0.828. The van der Waals surface area contributed by atoms with E-state index < -0.39 is 5.54 Å². The molecular formula is C20H33N3O5. The van der Waals surface area contributed by atoms with E-state index in [0.29, 0.717) is 32.5 Å². The van der Waals surface area contributed by atoms with Gasteiger partial charge in [-0.05, 0) is 44.4 Å². The van der Waals surface area contributed by atoms with Crippen molar-refractivity contribution in [3.05, 3.63) is 0 Å². The number of likely N-dealkylation sites (N-methyl/N-ethyl adjacent to an activating group) is 1. The van der Waals surface area contributed by atoms with Crippen LogP contribution in [0.1, 0.15) is 52.4 Å². The third kappa shape index (κ3) is 3.71. The summed E-state index contributed by atoms with van der Waals surface area (Å²) in [6.45, 7) is 5.22. The molecular weight excluding hydrogens is 362 g/mol. The quantitative estimate of drug-likeness (QED) is 0.683. The molecule has 8 heteroatoms. The smallest absolute Gasteiger partial charge is 0.409 e. The van der Waals surface area contributed by atoms with E-state index in [1.165, 1.54) is 4.90 Å². The summed E-state index contributed by atoms with van der Waals surface area (Å²) in [4.78, 5) is 43.0. The molecule has 158 valence electrons. The van der Waals surface area contributed by atoms with E-state index in [2.05, 4.69) is 0 Å². The average molecular weight is 396 g/mol. The van der Waals surface area contributed by atoms with Crippen LogP contribution in [0.3, 0.4) is 0 Å². The topological polar surface area (TPSA) is 79.4 Å². The number of ether oxygens (including phenoxy) is 2. The first kappa shape index (κ1) is 20.9. The Morgan fingerprint density at radius 3 is 2.29 bits per heavy atom. The number of amides is 4. The summed E-state index contributed by atoms with van der Waals surface area (Å²) in [5.74, 6) is 0.141. The van der Waals surface area contributed by atoms with E-state index in [1.54, 1.807) is 19.1 Å². The second kappa shape index (κ2) is 8.27. The van der Waals surface area contributed by atoms with Crippen molar-refractivity contribution in [3.8, 4) is 0 Å². The van der Waals surface area contributed by atoms with Crippen molar-refractivity contribution in [3.63, 3.8) is 0 Å². The number of nitrogens with zero attached hydrogens (tertiary/aromatic N) is 3. The maximum atomic E-state index is 13.1. The SMILES string of the molecule is COC1CCC(N2C(=O)N(C)C(=O)C23CCN(C(=O)OCC(C)C)CC3)CC1. The summed E-state index contributed by atoms with van der Waals surface area (Å²) >= 11 is 0. The molecule has 8 nitrogen and oxygen atoms in total. The summed E-state index contributed by atoms with van der Waals surface area (Å²) in [7, 11) is 3.29. The molecule has 0 radical (unpaired) electrons. The molecule has 0 aromatic rings. The van der Waals surface area contributed by atoms with Gasteiger partial charge in [-0.1, -0.05) is 13.8 Å². The molecule has 2 saturated heterocycles. The van der Waals surface area contributed by atoms with Crippen LogP contribution < -0.4 is 0 Å². The Kier molecular flexibility index (Phi) is 6.17. The number of imide groups is 1. The third-order valence-electron chi connectivity index (χ3n) is 6.39. The molecule has 0 bridgehead atoms. The van der Waals surface area contributed by atoms with E-state index in [4.69, 9.17) is 9.47 Å². The number of hydrogen-bond donors (Lipinski definition) is 0. The number of likely N-dealkylation sites (tertiary alicyclic amines) is 1. The first-order chi connectivity index (χ1) is 13.3. The summed E-state index contributed by atoms with van der Waals surface area (Å²) in [5.41, 5.74) is -0.828. The fraction of sp³-hybridized carbons (Fsp3) is 0.850. The molecule has 3 rings (SSSR count). The minimum Gasteiger partial charge on any atom is -0.449 e. The van der Waals surface area contributed by atoms with Crippen LogP contribution in [0.2, 0.25) is 0 Å². The van der Waals surface area contributed by atoms with E-state index in [0.717, 1.165) is 25.7 Å². The number of carbonyl (C=O) groups excluding carboxylic acids is 3. The van der Waals surface area contributed by atoms with E-state index in [-0.39, 0.29) is 36.1 Å². The Labute approximate surface area is 167 Å². The Balaban J connectivity index is 1.71. The largest absolute Gasteiger partial charge is 0.449 e. The lowest BCUT2D eigenvalue weighted by molar-refractivity contribution is -0.135. The van der Waals surface area contributed by atoms with Gasteiger partial charge in [-0.3, -0.25) is 9.69 Å². The van der Waals surface area contributed by atoms with Gasteiger partial charge in [0.25, 0.3) is 5.91 Å². The Bertz CT molecular complexity index is 607. The Hall–Kier alpha value is -1.83. The van der Waals surface area contributed by atoms with Crippen LogP contribution >= 0.6 is 0 Å². The number of methoxy groups -OCH3 is 1. The highest BCUT2D eigenvalue weighted by Crippen LogP contribution is 2.41. The van der Waals surface area contributed by atoms with Crippen molar-refractivity contribution in [2.24, 2.45) is 5.92 Å². The molecule has 1 saturated carbocycles. The van der Waals surface area contributed by atoms with Crippen molar-refractivity contribution >= 4 is 18.0 Å². The van der Waals surface area contributed by atoms with Gasteiger partial charge in [-0.25, -0.2) is 9.59 Å². The molecule has 28 heavy (non-hydrogen) atoms. The average Bonchev–Trinajstić information content (AvgIpc) is 2.88. The fourth-order valence-corrected chi connectivity index (χ4v) is 4.73. The van der Waals surface area contributed by atoms with Gasteiger partial charge in [0.05, 0.1) is 12.7 Å². The molecule has 1 spiro atoms. The van der Waals surface area contributed by atoms with Crippen molar-refractivity contribution in [1.82, 2.24) is 14.7 Å². The van der Waals surface area contributed by atoms with Gasteiger partial charge in [0.1, 0.15) is 5.54 Å². The molecule has 0 atom stereocenters. The lowest BCUT2D eigenvalue weighted by atomic mass is 9.82. The van der Waals surface area contributed by atoms with Crippen molar-refractivity contribution in [2.75, 3.05) is 33.9 Å². The maximum absolute atomic E-state index is 13.1. The number of carbonyl (C=O) groups is 3. The van der Waals surface area contributed by atoms with Crippen LogP contribution in [0.4, 0.5) is 9.59 Å². The highest BCUT2D eigenvalue weighted by atomic mass is 16.6. The first-order valence-corrected chi connectivity index (χ1v) is 10.4. The van der Waals surface area contributed by atoms with Gasteiger partial charge in [0.15, 0.2) is 0 Å². The van der Waals surface area contributed by atoms with E-state index in [9.17, 15) is 14.4 Å². The zero-order valence-electron chi connectivity index (χ0n) is 17.5. The van der Waals surface area contributed by atoms with Crippen LogP contribution in [0.15, 0.2) is 0 Å². The molecule has 0 unspecified atom stereocenters. The highest BCUT2D eigenvalue weighted by Gasteiger charge is 2.59.